The monoisotopic (exact) mass is 287 g/mol. The third-order valence-electron chi connectivity index (χ3n) is 3.47. The van der Waals surface area contributed by atoms with Gasteiger partial charge in [0.15, 0.2) is 0 Å². The predicted molar refractivity (Wildman–Crippen MR) is 73.1 cm³/mol. The molecule has 2 heterocycles. The van der Waals surface area contributed by atoms with Crippen LogP contribution in [0.5, 0.6) is 0 Å². The number of hydrogen-bond acceptors (Lipinski definition) is 5. The van der Waals surface area contributed by atoms with Crippen molar-refractivity contribution < 1.29 is 12.8 Å². The molecule has 1 aromatic rings. The first-order valence-corrected chi connectivity index (χ1v) is 8.22. The number of nitrogens with zero attached hydrogens (tertiary/aromatic N) is 2. The fourth-order valence-corrected chi connectivity index (χ4v) is 3.37. The standard InChI is InChI=1S/C12H21N3O3S/c1-10(13)12(11-4-3-9-18-11)14-5-7-15(8-6-14)19(2,16)17/h3-4,9-10,12H,5-8,13H2,1-2H3. The van der Waals surface area contributed by atoms with Crippen molar-refractivity contribution in [1.82, 2.24) is 9.21 Å². The van der Waals surface area contributed by atoms with E-state index in [9.17, 15) is 8.42 Å². The summed E-state index contributed by atoms with van der Waals surface area (Å²) in [7, 11) is -3.10. The van der Waals surface area contributed by atoms with Crippen molar-refractivity contribution in [2.45, 2.75) is 19.0 Å². The fourth-order valence-electron chi connectivity index (χ4n) is 2.54. The SMILES string of the molecule is CC(N)C(c1ccco1)N1CCN(S(C)(=O)=O)CC1. The van der Waals surface area contributed by atoms with Crippen molar-refractivity contribution in [3.05, 3.63) is 24.2 Å². The van der Waals surface area contributed by atoms with Crippen LogP contribution < -0.4 is 5.73 Å². The lowest BCUT2D eigenvalue weighted by atomic mass is 10.1. The summed E-state index contributed by atoms with van der Waals surface area (Å²) >= 11 is 0. The Balaban J connectivity index is 2.07. The van der Waals surface area contributed by atoms with Crippen LogP contribution >= 0.6 is 0 Å². The Hall–Kier alpha value is -0.890. The summed E-state index contributed by atoms with van der Waals surface area (Å²) in [5.41, 5.74) is 6.05. The number of piperazine rings is 1. The second-order valence-corrected chi connectivity index (χ2v) is 7.00. The molecule has 1 aliphatic rings. The van der Waals surface area contributed by atoms with Gasteiger partial charge in [-0.3, -0.25) is 4.90 Å². The average Bonchev–Trinajstić information content (AvgIpc) is 2.82. The smallest absolute Gasteiger partial charge is 0.211 e. The molecule has 0 amide bonds. The van der Waals surface area contributed by atoms with Crippen molar-refractivity contribution in [2.24, 2.45) is 5.73 Å². The molecule has 1 saturated heterocycles. The van der Waals surface area contributed by atoms with E-state index < -0.39 is 10.0 Å². The molecule has 0 aliphatic carbocycles. The van der Waals surface area contributed by atoms with Gasteiger partial charge in [-0.2, -0.15) is 4.31 Å². The highest BCUT2D eigenvalue weighted by Crippen LogP contribution is 2.25. The lowest BCUT2D eigenvalue weighted by Crippen LogP contribution is -2.52. The highest BCUT2D eigenvalue weighted by Gasteiger charge is 2.31. The molecule has 1 aliphatic heterocycles. The van der Waals surface area contributed by atoms with E-state index >= 15 is 0 Å². The van der Waals surface area contributed by atoms with Crippen molar-refractivity contribution in [1.29, 1.82) is 0 Å². The van der Waals surface area contributed by atoms with Gasteiger partial charge in [-0.1, -0.05) is 0 Å². The summed E-state index contributed by atoms with van der Waals surface area (Å²) in [6.45, 7) is 4.28. The quantitative estimate of drug-likeness (QED) is 0.858. The Morgan fingerprint density at radius 2 is 1.95 bits per heavy atom. The van der Waals surface area contributed by atoms with Gasteiger partial charge in [-0.25, -0.2) is 8.42 Å². The molecule has 0 spiro atoms. The summed E-state index contributed by atoms with van der Waals surface area (Å²) in [5, 5.41) is 0. The van der Waals surface area contributed by atoms with Gasteiger partial charge < -0.3 is 10.2 Å². The molecule has 2 rings (SSSR count). The first kappa shape index (κ1) is 14.5. The van der Waals surface area contributed by atoms with Crippen LogP contribution in [0.1, 0.15) is 18.7 Å². The molecule has 19 heavy (non-hydrogen) atoms. The van der Waals surface area contributed by atoms with Crippen molar-refractivity contribution >= 4 is 10.0 Å². The normalized spacial score (nSPS) is 22.3. The van der Waals surface area contributed by atoms with E-state index in [-0.39, 0.29) is 12.1 Å². The third-order valence-corrected chi connectivity index (χ3v) is 4.77. The molecular weight excluding hydrogens is 266 g/mol. The molecule has 1 aromatic heterocycles. The largest absolute Gasteiger partial charge is 0.468 e. The maximum Gasteiger partial charge on any atom is 0.211 e. The van der Waals surface area contributed by atoms with Gasteiger partial charge >= 0.3 is 0 Å². The van der Waals surface area contributed by atoms with E-state index in [4.69, 9.17) is 10.2 Å². The van der Waals surface area contributed by atoms with E-state index in [1.165, 1.54) is 10.6 Å². The van der Waals surface area contributed by atoms with Crippen molar-refractivity contribution in [3.63, 3.8) is 0 Å². The topological polar surface area (TPSA) is 79.8 Å². The zero-order valence-corrected chi connectivity index (χ0v) is 12.1. The Kier molecular flexibility index (Phi) is 4.29. The van der Waals surface area contributed by atoms with Crippen molar-refractivity contribution in [2.75, 3.05) is 32.4 Å². The van der Waals surface area contributed by atoms with Crippen LogP contribution in [0.3, 0.4) is 0 Å². The van der Waals surface area contributed by atoms with Crippen molar-refractivity contribution in [3.8, 4) is 0 Å². The van der Waals surface area contributed by atoms with Gasteiger partial charge in [0.05, 0.1) is 18.6 Å². The van der Waals surface area contributed by atoms with Crippen LogP contribution in [0, 0.1) is 0 Å². The molecule has 2 unspecified atom stereocenters. The first-order valence-electron chi connectivity index (χ1n) is 6.38. The lowest BCUT2D eigenvalue weighted by Gasteiger charge is -2.38. The lowest BCUT2D eigenvalue weighted by molar-refractivity contribution is 0.109. The molecule has 2 N–H and O–H groups in total. The maximum absolute atomic E-state index is 11.5. The van der Waals surface area contributed by atoms with E-state index in [1.54, 1.807) is 6.26 Å². The summed E-state index contributed by atoms with van der Waals surface area (Å²) < 4.78 is 29.9. The van der Waals surface area contributed by atoms with E-state index in [0.717, 1.165) is 5.76 Å². The van der Waals surface area contributed by atoms with Gasteiger partial charge in [0.2, 0.25) is 10.0 Å². The minimum absolute atomic E-state index is 0.00305. The molecule has 0 saturated carbocycles. The van der Waals surface area contributed by atoms with Gasteiger partial charge in [-0.05, 0) is 19.1 Å². The highest BCUT2D eigenvalue weighted by atomic mass is 32.2. The summed E-state index contributed by atoms with van der Waals surface area (Å²) in [6.07, 6.45) is 2.88. The van der Waals surface area contributed by atoms with E-state index in [2.05, 4.69) is 4.90 Å². The van der Waals surface area contributed by atoms with Crippen LogP contribution in [-0.4, -0.2) is 56.1 Å². The summed E-state index contributed by atoms with van der Waals surface area (Å²) in [6, 6.07) is 3.68. The van der Waals surface area contributed by atoms with Gasteiger partial charge in [0.1, 0.15) is 5.76 Å². The number of furan rings is 1. The fraction of sp³-hybridized carbons (Fsp3) is 0.667. The summed E-state index contributed by atoms with van der Waals surface area (Å²) in [5.74, 6) is 0.836. The zero-order valence-electron chi connectivity index (χ0n) is 11.3. The minimum atomic E-state index is -3.10. The zero-order chi connectivity index (χ0) is 14.0. The third kappa shape index (κ3) is 3.36. The molecule has 7 heteroatoms. The highest BCUT2D eigenvalue weighted by molar-refractivity contribution is 7.88. The molecule has 0 aromatic carbocycles. The molecule has 108 valence electrons. The van der Waals surface area contributed by atoms with Crippen LogP contribution in [0.15, 0.2) is 22.8 Å². The van der Waals surface area contributed by atoms with E-state index in [1.807, 2.05) is 19.1 Å². The second-order valence-electron chi connectivity index (χ2n) is 5.02. The Morgan fingerprint density at radius 3 is 2.37 bits per heavy atom. The Morgan fingerprint density at radius 1 is 1.32 bits per heavy atom. The molecule has 0 bridgehead atoms. The molecule has 1 fully saturated rings. The average molecular weight is 287 g/mol. The predicted octanol–water partition coefficient (Wildman–Crippen LogP) is 0.245. The number of hydrogen-bond donors (Lipinski definition) is 1. The Bertz CT molecular complexity index is 490. The van der Waals surface area contributed by atoms with Crippen LogP contribution in [0.4, 0.5) is 0 Å². The number of rotatable bonds is 4. The molecule has 2 atom stereocenters. The van der Waals surface area contributed by atoms with Crippen LogP contribution in [0.25, 0.3) is 0 Å². The van der Waals surface area contributed by atoms with E-state index in [0.29, 0.717) is 26.2 Å². The molecule has 6 nitrogen and oxygen atoms in total. The molecular formula is C12H21N3O3S. The van der Waals surface area contributed by atoms with Gasteiger partial charge in [-0.15, -0.1) is 0 Å². The van der Waals surface area contributed by atoms with Crippen LogP contribution in [0.2, 0.25) is 0 Å². The maximum atomic E-state index is 11.5. The number of nitrogens with two attached hydrogens (primary N) is 1. The summed E-state index contributed by atoms with van der Waals surface area (Å²) in [4.78, 5) is 2.19. The van der Waals surface area contributed by atoms with Gasteiger partial charge in [0, 0.05) is 32.2 Å². The second kappa shape index (κ2) is 5.62. The first-order chi connectivity index (χ1) is 8.89. The number of sulfonamides is 1. The minimum Gasteiger partial charge on any atom is -0.468 e. The van der Waals surface area contributed by atoms with Gasteiger partial charge in [0.25, 0.3) is 0 Å². The van der Waals surface area contributed by atoms with Crippen LogP contribution in [-0.2, 0) is 10.0 Å². The molecule has 0 radical (unpaired) electrons. The Labute approximate surface area is 114 Å².